The maximum atomic E-state index is 13.0. The topological polar surface area (TPSA) is 90.2 Å². The van der Waals surface area contributed by atoms with Gasteiger partial charge in [-0.1, -0.05) is 32.0 Å². The van der Waals surface area contributed by atoms with Crippen LogP contribution in [-0.2, 0) is 9.59 Å². The molecule has 0 aliphatic carbocycles. The molecule has 0 radical (unpaired) electrons. The highest BCUT2D eigenvalue weighted by Gasteiger charge is 2.25. The summed E-state index contributed by atoms with van der Waals surface area (Å²) >= 11 is 0. The van der Waals surface area contributed by atoms with E-state index in [4.69, 9.17) is 0 Å². The number of hydrogen-bond acceptors (Lipinski definition) is 4. The molecule has 7 heteroatoms. The van der Waals surface area contributed by atoms with Gasteiger partial charge in [0, 0.05) is 30.4 Å². The highest BCUT2D eigenvalue weighted by Crippen LogP contribution is 2.30. The molecule has 32 heavy (non-hydrogen) atoms. The number of nitriles is 1. The maximum Gasteiger partial charge on any atom is 0.239 e. The summed E-state index contributed by atoms with van der Waals surface area (Å²) in [5, 5.41) is 15.8. The van der Waals surface area contributed by atoms with Crippen molar-refractivity contribution in [1.82, 2.24) is 14.8 Å². The maximum absolute atomic E-state index is 13.0. The zero-order chi connectivity index (χ0) is 23.3. The zero-order valence-electron chi connectivity index (χ0n) is 19.4. The molecule has 7 nitrogen and oxygen atoms in total. The normalized spacial score (nSPS) is 16.6. The summed E-state index contributed by atoms with van der Waals surface area (Å²) in [6.07, 6.45) is 2.04. The Bertz CT molecular complexity index is 1000. The first-order chi connectivity index (χ1) is 15.3. The third kappa shape index (κ3) is 5.38. The monoisotopic (exact) mass is 435 g/mol. The number of aromatic nitrogens is 1. The fraction of sp³-hybridized carbons (Fsp3) is 0.480. The molecule has 1 atom stereocenters. The van der Waals surface area contributed by atoms with Gasteiger partial charge in [-0.25, -0.2) is 0 Å². The number of likely N-dealkylation sites (tertiary alicyclic amines) is 1. The van der Waals surface area contributed by atoms with Crippen LogP contribution >= 0.6 is 0 Å². The van der Waals surface area contributed by atoms with Gasteiger partial charge in [0.05, 0.1) is 12.1 Å². The Morgan fingerprint density at radius 3 is 2.59 bits per heavy atom. The molecule has 0 spiro atoms. The fourth-order valence-electron chi connectivity index (χ4n) is 4.25. The number of anilines is 1. The number of piperidine rings is 1. The highest BCUT2D eigenvalue weighted by molar-refractivity contribution is 5.93. The largest absolute Gasteiger partial charge is 0.356 e. The molecule has 2 heterocycles. The lowest BCUT2D eigenvalue weighted by atomic mass is 9.97. The Morgan fingerprint density at radius 2 is 1.94 bits per heavy atom. The molecule has 1 aromatic heterocycles. The van der Waals surface area contributed by atoms with Gasteiger partial charge in [0.1, 0.15) is 11.9 Å². The van der Waals surface area contributed by atoms with Crippen LogP contribution in [0.15, 0.2) is 30.3 Å². The van der Waals surface area contributed by atoms with Crippen LogP contribution in [0.4, 0.5) is 5.82 Å². The van der Waals surface area contributed by atoms with E-state index >= 15 is 0 Å². The van der Waals surface area contributed by atoms with Gasteiger partial charge in [0.25, 0.3) is 0 Å². The summed E-state index contributed by atoms with van der Waals surface area (Å²) in [6.45, 7) is 10.2. The molecule has 0 bridgehead atoms. The third-order valence-corrected chi connectivity index (χ3v) is 6.16. The van der Waals surface area contributed by atoms with Crippen molar-refractivity contribution in [3.05, 3.63) is 47.2 Å². The molecule has 1 fully saturated rings. The minimum atomic E-state index is -0.136. The molecule has 1 aliphatic heterocycles. The summed E-state index contributed by atoms with van der Waals surface area (Å²) in [6, 6.07) is 12.0. The van der Waals surface area contributed by atoms with Gasteiger partial charge < -0.3 is 10.6 Å². The molecule has 1 aliphatic rings. The molecular formula is C25H33N5O2. The van der Waals surface area contributed by atoms with Crippen molar-refractivity contribution >= 4 is 17.6 Å². The second-order valence-corrected chi connectivity index (χ2v) is 8.91. The average molecular weight is 436 g/mol. The van der Waals surface area contributed by atoms with Gasteiger partial charge >= 0.3 is 0 Å². The van der Waals surface area contributed by atoms with Crippen LogP contribution in [0.2, 0.25) is 0 Å². The molecule has 2 N–H and O–H groups in total. The van der Waals surface area contributed by atoms with Crippen LogP contribution in [0.5, 0.6) is 0 Å². The Balaban J connectivity index is 1.69. The average Bonchev–Trinajstić information content (AvgIpc) is 3.01. The summed E-state index contributed by atoms with van der Waals surface area (Å²) in [5.74, 6) is 0.768. The Kier molecular flexibility index (Phi) is 7.70. The smallest absolute Gasteiger partial charge is 0.239 e. The van der Waals surface area contributed by atoms with E-state index < -0.39 is 0 Å². The number of nitrogens with one attached hydrogen (secondary N) is 2. The molecule has 1 aromatic carbocycles. The van der Waals surface area contributed by atoms with Crippen molar-refractivity contribution in [3.8, 4) is 11.8 Å². The van der Waals surface area contributed by atoms with Crippen molar-refractivity contribution in [2.75, 3.05) is 31.5 Å². The fourth-order valence-corrected chi connectivity index (χ4v) is 4.25. The predicted octanol–water partition coefficient (Wildman–Crippen LogP) is 3.39. The minimum Gasteiger partial charge on any atom is -0.356 e. The van der Waals surface area contributed by atoms with Crippen molar-refractivity contribution in [3.63, 3.8) is 0 Å². The molecule has 2 aromatic rings. The molecule has 1 unspecified atom stereocenters. The van der Waals surface area contributed by atoms with E-state index in [9.17, 15) is 14.9 Å². The van der Waals surface area contributed by atoms with Gasteiger partial charge in [-0.05, 0) is 56.8 Å². The van der Waals surface area contributed by atoms with Crippen molar-refractivity contribution in [2.24, 2.45) is 11.8 Å². The number of hydrogen-bond donors (Lipinski definition) is 2. The van der Waals surface area contributed by atoms with Crippen molar-refractivity contribution < 1.29 is 9.59 Å². The molecule has 1 saturated heterocycles. The molecule has 2 amide bonds. The van der Waals surface area contributed by atoms with E-state index in [2.05, 4.69) is 21.6 Å². The Hall–Kier alpha value is -3.11. The van der Waals surface area contributed by atoms with E-state index in [1.54, 1.807) is 0 Å². The van der Waals surface area contributed by atoms with E-state index in [0.717, 1.165) is 42.9 Å². The Labute approximate surface area is 190 Å². The molecule has 0 saturated carbocycles. The number of rotatable bonds is 7. The lowest BCUT2D eigenvalue weighted by Crippen LogP contribution is -2.44. The van der Waals surface area contributed by atoms with Gasteiger partial charge in [-0.3, -0.25) is 19.1 Å². The lowest BCUT2D eigenvalue weighted by Gasteiger charge is -2.32. The molecule has 3 rings (SSSR count). The summed E-state index contributed by atoms with van der Waals surface area (Å²) in [7, 11) is 0. The first kappa shape index (κ1) is 23.6. The minimum absolute atomic E-state index is 0.0254. The van der Waals surface area contributed by atoms with Gasteiger partial charge in [0.2, 0.25) is 11.8 Å². The number of carbonyl (C=O) groups excluding carboxylic acids is 2. The van der Waals surface area contributed by atoms with Crippen LogP contribution in [0.3, 0.4) is 0 Å². The predicted molar refractivity (Wildman–Crippen MR) is 126 cm³/mol. The first-order valence-corrected chi connectivity index (χ1v) is 11.3. The number of para-hydroxylation sites is 1. The quantitative estimate of drug-likeness (QED) is 0.698. The van der Waals surface area contributed by atoms with Crippen LogP contribution in [0.1, 0.15) is 43.5 Å². The van der Waals surface area contributed by atoms with E-state index in [0.29, 0.717) is 23.8 Å². The number of nitrogens with zero attached hydrogens (tertiary/aromatic N) is 3. The Morgan fingerprint density at radius 1 is 1.22 bits per heavy atom. The van der Waals surface area contributed by atoms with E-state index in [1.807, 2.05) is 62.6 Å². The van der Waals surface area contributed by atoms with E-state index in [-0.39, 0.29) is 24.3 Å². The van der Waals surface area contributed by atoms with Crippen LogP contribution < -0.4 is 10.6 Å². The lowest BCUT2D eigenvalue weighted by molar-refractivity contribution is -0.124. The number of amides is 2. The molecule has 170 valence electrons. The number of carbonyl (C=O) groups is 2. The van der Waals surface area contributed by atoms with Crippen molar-refractivity contribution in [2.45, 2.75) is 40.5 Å². The third-order valence-electron chi connectivity index (χ3n) is 6.16. The summed E-state index contributed by atoms with van der Waals surface area (Å²) in [4.78, 5) is 27.0. The second-order valence-electron chi connectivity index (χ2n) is 8.91. The summed E-state index contributed by atoms with van der Waals surface area (Å²) < 4.78 is 1.94. The van der Waals surface area contributed by atoms with Crippen LogP contribution in [0, 0.1) is 37.0 Å². The van der Waals surface area contributed by atoms with Crippen molar-refractivity contribution in [1.29, 1.82) is 5.26 Å². The first-order valence-electron chi connectivity index (χ1n) is 11.3. The van der Waals surface area contributed by atoms with E-state index in [1.165, 1.54) is 0 Å². The molecular weight excluding hydrogens is 402 g/mol. The van der Waals surface area contributed by atoms with Crippen LogP contribution in [-0.4, -0.2) is 47.5 Å². The van der Waals surface area contributed by atoms with Gasteiger partial charge in [0.15, 0.2) is 0 Å². The SMILES string of the molecule is Cc1c(C#N)c(NC(=O)CN2CCCC(CNC(=O)C(C)C)C2)n(-c2ccccc2)c1C. The van der Waals surface area contributed by atoms with Crippen LogP contribution in [0.25, 0.3) is 5.69 Å². The standard InChI is InChI=1S/C25H33N5O2/c1-17(2)25(32)27-14-20-9-8-12-29(15-20)16-23(31)28-24-22(13-26)18(3)19(4)30(24)21-10-6-5-7-11-21/h5-7,10-11,17,20H,8-9,12,14-16H2,1-4H3,(H,27,32)(H,28,31). The highest BCUT2D eigenvalue weighted by atomic mass is 16.2. The van der Waals surface area contributed by atoms with Gasteiger partial charge in [-0.15, -0.1) is 0 Å². The van der Waals surface area contributed by atoms with Gasteiger partial charge in [-0.2, -0.15) is 5.26 Å². The zero-order valence-corrected chi connectivity index (χ0v) is 19.4. The number of benzene rings is 1. The summed E-state index contributed by atoms with van der Waals surface area (Å²) in [5.41, 5.74) is 3.20. The second kappa shape index (κ2) is 10.5.